The van der Waals surface area contributed by atoms with Crippen molar-refractivity contribution in [2.45, 2.75) is 13.0 Å². The summed E-state index contributed by atoms with van der Waals surface area (Å²) in [5.41, 5.74) is 1.55. The molecule has 1 N–H and O–H groups in total. The van der Waals surface area contributed by atoms with E-state index in [0.29, 0.717) is 30.3 Å². The third-order valence-electron chi connectivity index (χ3n) is 3.38. The molecular formula is C17H17NO3. The van der Waals surface area contributed by atoms with Gasteiger partial charge in [-0.05, 0) is 37.3 Å². The van der Waals surface area contributed by atoms with E-state index >= 15 is 0 Å². The molecule has 21 heavy (non-hydrogen) atoms. The molecule has 1 heterocycles. The number of ether oxygens (including phenoxy) is 2. The third-order valence-corrected chi connectivity index (χ3v) is 3.38. The van der Waals surface area contributed by atoms with E-state index in [1.165, 1.54) is 0 Å². The fourth-order valence-corrected chi connectivity index (χ4v) is 2.30. The molecule has 0 saturated heterocycles. The number of benzene rings is 2. The zero-order chi connectivity index (χ0) is 14.7. The fraction of sp³-hybridized carbons (Fsp3) is 0.235. The molecule has 3 rings (SSSR count). The summed E-state index contributed by atoms with van der Waals surface area (Å²) in [6.45, 7) is 2.92. The normalized spacial score (nSPS) is 14.3. The Labute approximate surface area is 123 Å². The van der Waals surface area contributed by atoms with Gasteiger partial charge in [-0.25, -0.2) is 0 Å². The molecular weight excluding hydrogens is 266 g/mol. The van der Waals surface area contributed by atoms with E-state index < -0.39 is 0 Å². The van der Waals surface area contributed by atoms with Crippen molar-refractivity contribution in [1.29, 1.82) is 0 Å². The van der Waals surface area contributed by atoms with Gasteiger partial charge in [0.2, 0.25) is 0 Å². The van der Waals surface area contributed by atoms with Crippen LogP contribution in [0.25, 0.3) is 0 Å². The number of rotatable bonds is 4. The molecule has 1 unspecified atom stereocenters. The summed E-state index contributed by atoms with van der Waals surface area (Å²) >= 11 is 0. The van der Waals surface area contributed by atoms with Gasteiger partial charge in [0.15, 0.2) is 17.3 Å². The molecule has 0 saturated carbocycles. The molecule has 2 aromatic carbocycles. The number of Topliss-reactive ketones (excluding diaryl/α,β-unsaturated/α-hetero) is 1. The summed E-state index contributed by atoms with van der Waals surface area (Å²) in [6, 6.07) is 14.7. The maximum atomic E-state index is 12.5. The number of carbonyl (C=O) groups is 1. The maximum absolute atomic E-state index is 12.5. The van der Waals surface area contributed by atoms with Crippen molar-refractivity contribution in [3.8, 4) is 11.5 Å². The van der Waals surface area contributed by atoms with Crippen LogP contribution in [-0.4, -0.2) is 25.0 Å². The molecule has 1 aliphatic rings. The van der Waals surface area contributed by atoms with Gasteiger partial charge in [-0.3, -0.25) is 4.79 Å². The topological polar surface area (TPSA) is 47.6 Å². The molecule has 0 amide bonds. The molecule has 4 nitrogen and oxygen atoms in total. The highest BCUT2D eigenvalue weighted by Crippen LogP contribution is 2.31. The van der Waals surface area contributed by atoms with Crippen molar-refractivity contribution in [1.82, 2.24) is 0 Å². The second-order valence-electron chi connectivity index (χ2n) is 4.95. The average molecular weight is 283 g/mol. The van der Waals surface area contributed by atoms with Gasteiger partial charge < -0.3 is 14.8 Å². The van der Waals surface area contributed by atoms with Gasteiger partial charge in [-0.15, -0.1) is 0 Å². The second-order valence-corrected chi connectivity index (χ2v) is 4.95. The van der Waals surface area contributed by atoms with Gasteiger partial charge in [0.05, 0.1) is 6.04 Å². The van der Waals surface area contributed by atoms with E-state index in [2.05, 4.69) is 5.32 Å². The predicted molar refractivity (Wildman–Crippen MR) is 81.3 cm³/mol. The molecule has 1 aliphatic heterocycles. The number of para-hydroxylation sites is 1. The Bertz CT molecular complexity index is 640. The smallest absolute Gasteiger partial charge is 0.184 e. The van der Waals surface area contributed by atoms with E-state index in [1.54, 1.807) is 18.2 Å². The lowest BCUT2D eigenvalue weighted by Gasteiger charge is -2.20. The Hall–Kier alpha value is -2.49. The lowest BCUT2D eigenvalue weighted by molar-refractivity contribution is 0.0974. The first kappa shape index (κ1) is 13.5. The lowest BCUT2D eigenvalue weighted by atomic mass is 10.0. The minimum atomic E-state index is -0.310. The standard InChI is InChI=1S/C17H17NO3/c1-12(18-14-5-3-2-4-6-14)17(19)13-7-8-15-16(11-13)21-10-9-20-15/h2-8,11-12,18H,9-10H2,1H3. The Morgan fingerprint density at radius 3 is 2.52 bits per heavy atom. The molecule has 2 aromatic rings. The van der Waals surface area contributed by atoms with Gasteiger partial charge in [0, 0.05) is 11.3 Å². The number of hydrogen-bond acceptors (Lipinski definition) is 4. The number of fused-ring (bicyclic) bond motifs is 1. The Balaban J connectivity index is 1.75. The summed E-state index contributed by atoms with van der Waals surface area (Å²) < 4.78 is 11.0. The molecule has 0 aromatic heterocycles. The van der Waals surface area contributed by atoms with E-state index in [1.807, 2.05) is 37.3 Å². The van der Waals surface area contributed by atoms with Crippen LogP contribution in [0.2, 0.25) is 0 Å². The highest BCUT2D eigenvalue weighted by atomic mass is 16.6. The third kappa shape index (κ3) is 2.99. The van der Waals surface area contributed by atoms with Gasteiger partial charge in [-0.2, -0.15) is 0 Å². The summed E-state index contributed by atoms with van der Waals surface area (Å²) in [5.74, 6) is 1.36. The highest BCUT2D eigenvalue weighted by molar-refractivity contribution is 6.01. The van der Waals surface area contributed by atoms with Crippen LogP contribution in [-0.2, 0) is 0 Å². The molecule has 108 valence electrons. The molecule has 1 atom stereocenters. The molecule has 0 spiro atoms. The number of anilines is 1. The SMILES string of the molecule is CC(Nc1ccccc1)C(=O)c1ccc2c(c1)OCCO2. The van der Waals surface area contributed by atoms with E-state index in [4.69, 9.17) is 9.47 Å². The van der Waals surface area contributed by atoms with Gasteiger partial charge in [0.25, 0.3) is 0 Å². The van der Waals surface area contributed by atoms with Crippen LogP contribution < -0.4 is 14.8 Å². The zero-order valence-electron chi connectivity index (χ0n) is 11.8. The quantitative estimate of drug-likeness (QED) is 0.876. The van der Waals surface area contributed by atoms with Crippen molar-refractivity contribution in [3.63, 3.8) is 0 Å². The Kier molecular flexibility index (Phi) is 3.77. The van der Waals surface area contributed by atoms with Gasteiger partial charge >= 0.3 is 0 Å². The van der Waals surface area contributed by atoms with Crippen molar-refractivity contribution in [3.05, 3.63) is 54.1 Å². The lowest BCUT2D eigenvalue weighted by Crippen LogP contribution is -2.26. The van der Waals surface area contributed by atoms with E-state index in [9.17, 15) is 4.79 Å². The van der Waals surface area contributed by atoms with Crippen LogP contribution in [0.5, 0.6) is 11.5 Å². The maximum Gasteiger partial charge on any atom is 0.184 e. The molecule has 0 fully saturated rings. The number of carbonyl (C=O) groups excluding carboxylic acids is 1. The zero-order valence-corrected chi connectivity index (χ0v) is 11.8. The monoisotopic (exact) mass is 283 g/mol. The number of nitrogens with one attached hydrogen (secondary N) is 1. The average Bonchev–Trinajstić information content (AvgIpc) is 2.54. The van der Waals surface area contributed by atoms with Crippen LogP contribution in [0.1, 0.15) is 17.3 Å². The molecule has 0 bridgehead atoms. The van der Waals surface area contributed by atoms with Crippen LogP contribution in [0.4, 0.5) is 5.69 Å². The molecule has 0 radical (unpaired) electrons. The Morgan fingerprint density at radius 2 is 1.76 bits per heavy atom. The van der Waals surface area contributed by atoms with Gasteiger partial charge in [0.1, 0.15) is 13.2 Å². The first-order valence-corrected chi connectivity index (χ1v) is 6.99. The number of hydrogen-bond donors (Lipinski definition) is 1. The summed E-state index contributed by atoms with van der Waals surface area (Å²) in [4.78, 5) is 12.5. The first-order chi connectivity index (χ1) is 10.2. The fourth-order valence-electron chi connectivity index (χ4n) is 2.30. The van der Waals surface area contributed by atoms with Crippen LogP contribution in [0, 0.1) is 0 Å². The van der Waals surface area contributed by atoms with Crippen molar-refractivity contribution < 1.29 is 14.3 Å². The number of ketones is 1. The van der Waals surface area contributed by atoms with Crippen LogP contribution in [0.15, 0.2) is 48.5 Å². The summed E-state index contributed by atoms with van der Waals surface area (Å²) in [7, 11) is 0. The molecule has 0 aliphatic carbocycles. The van der Waals surface area contributed by atoms with Gasteiger partial charge in [-0.1, -0.05) is 18.2 Å². The highest BCUT2D eigenvalue weighted by Gasteiger charge is 2.19. The van der Waals surface area contributed by atoms with Crippen LogP contribution in [0.3, 0.4) is 0 Å². The van der Waals surface area contributed by atoms with E-state index in [-0.39, 0.29) is 11.8 Å². The predicted octanol–water partition coefficient (Wildman–Crippen LogP) is 3.14. The minimum absolute atomic E-state index is 0.0239. The van der Waals surface area contributed by atoms with E-state index in [0.717, 1.165) is 5.69 Å². The minimum Gasteiger partial charge on any atom is -0.486 e. The summed E-state index contributed by atoms with van der Waals surface area (Å²) in [5, 5.41) is 3.20. The van der Waals surface area contributed by atoms with Crippen molar-refractivity contribution in [2.75, 3.05) is 18.5 Å². The second kappa shape index (κ2) is 5.87. The Morgan fingerprint density at radius 1 is 1.05 bits per heavy atom. The van der Waals surface area contributed by atoms with Crippen molar-refractivity contribution in [2.24, 2.45) is 0 Å². The van der Waals surface area contributed by atoms with Crippen molar-refractivity contribution >= 4 is 11.5 Å². The van der Waals surface area contributed by atoms with Crippen LogP contribution >= 0.6 is 0 Å². The first-order valence-electron chi connectivity index (χ1n) is 6.99. The molecule has 4 heteroatoms. The summed E-state index contributed by atoms with van der Waals surface area (Å²) in [6.07, 6.45) is 0. The largest absolute Gasteiger partial charge is 0.486 e.